The minimum absolute atomic E-state index is 0.0658. The monoisotopic (exact) mass is 1470 g/mol. The molecule has 0 saturated carbocycles. The van der Waals surface area contributed by atoms with Gasteiger partial charge in [-0.1, -0.05) is 48.5 Å². The molecule has 29 heteroatoms. The van der Waals surface area contributed by atoms with Gasteiger partial charge < -0.3 is 35.4 Å². The van der Waals surface area contributed by atoms with E-state index in [4.69, 9.17) is 25.9 Å². The first-order valence-electron chi connectivity index (χ1n) is 37.3. The number of carbonyl (C=O) groups excluding carboxylic acids is 7. The summed E-state index contributed by atoms with van der Waals surface area (Å²) in [6, 6.07) is 43.7. The summed E-state index contributed by atoms with van der Waals surface area (Å²) in [7, 11) is 0. The fourth-order valence-corrected chi connectivity index (χ4v) is 16.3. The Morgan fingerprint density at radius 3 is 1.48 bits per heavy atom. The van der Waals surface area contributed by atoms with Crippen molar-refractivity contribution in [3.63, 3.8) is 0 Å². The molecule has 10 aromatic rings. The van der Waals surface area contributed by atoms with Crippen molar-refractivity contribution in [2.24, 2.45) is 0 Å². The van der Waals surface area contributed by atoms with Gasteiger partial charge in [0.1, 0.15) is 64.7 Å². The fourth-order valence-electron chi connectivity index (χ4n) is 16.3. The van der Waals surface area contributed by atoms with E-state index in [1.165, 1.54) is 17.0 Å². The topological polar surface area (TPSA) is 294 Å². The predicted octanol–water partition coefficient (Wildman–Crippen LogP) is 7.76. The van der Waals surface area contributed by atoms with E-state index in [9.17, 15) is 42.3 Å². The quantitative estimate of drug-likeness (QED) is 0.0408. The Balaban J connectivity index is 0.000000140. The smallest absolute Gasteiger partial charge is 0.249 e. The Hall–Kier alpha value is -12.1. The molecule has 4 aromatic carbocycles. The van der Waals surface area contributed by atoms with Crippen LogP contribution in [-0.4, -0.2) is 188 Å². The third-order valence-corrected chi connectivity index (χ3v) is 21.8. The molecule has 27 nitrogen and oxygen atoms in total. The number of rotatable bonds is 16. The molecule has 6 fully saturated rings. The zero-order valence-corrected chi connectivity index (χ0v) is 60.0. The molecule has 0 radical (unpaired) electrons. The number of pyridine rings is 2. The number of hydrogen-bond acceptors (Lipinski definition) is 21. The number of aldehydes is 1. The summed E-state index contributed by atoms with van der Waals surface area (Å²) in [5, 5.41) is 18.2. The molecule has 14 heterocycles. The second kappa shape index (κ2) is 31.0. The van der Waals surface area contributed by atoms with Crippen LogP contribution in [0, 0.1) is 11.6 Å². The zero-order chi connectivity index (χ0) is 74.8. The van der Waals surface area contributed by atoms with E-state index in [0.29, 0.717) is 37.3 Å². The van der Waals surface area contributed by atoms with Gasteiger partial charge in [0.25, 0.3) is 0 Å². The molecular weight excluding hydrogens is 1390 g/mol. The van der Waals surface area contributed by atoms with Crippen LogP contribution in [0.15, 0.2) is 158 Å². The van der Waals surface area contributed by atoms with Gasteiger partial charge in [0, 0.05) is 114 Å². The van der Waals surface area contributed by atoms with E-state index in [1.807, 2.05) is 112 Å². The first-order chi connectivity index (χ1) is 53.2. The molecule has 0 spiro atoms. The van der Waals surface area contributed by atoms with Crippen molar-refractivity contribution in [1.29, 1.82) is 0 Å². The van der Waals surface area contributed by atoms with Gasteiger partial charge in [-0.3, -0.25) is 59.0 Å². The molecule has 5 N–H and O–H groups in total. The highest BCUT2D eigenvalue weighted by atomic mass is 19.1. The lowest BCUT2D eigenvalue weighted by atomic mass is 10.0. The Morgan fingerprint density at radius 2 is 0.972 bits per heavy atom. The number of benzene rings is 4. The molecule has 8 aliphatic rings. The van der Waals surface area contributed by atoms with Crippen LogP contribution in [0.2, 0.25) is 0 Å². The standard InChI is InChI=1S/C40H41FN10O3.C27H28FN7O.C13H13N3O3/c41-27-6-1-5-26(23-27)31-10-4-17-49(31)37-14-13-35-43-25-34(51(35)46-37)30-8-3-11-36(44-30)48-21-19-47(20-22-48)18-16-42-29-7-2-9-32-28(29)24-39(53)50(32)33-12-15-38(52)45-40(33)54;28-21-5-1-4-20(18-21)23-7-3-11-34(23)27-10-9-25-29-19-24(35(25)31-27)22-6-2-8-26(30-22)33-14-12-32(13-15-33)16-17-36;14-8-2-1-3-9-7(8)6-12(18)16(9)10-4-5-11(17)15-13(10)19/h1-3,5-9,11,13-14,23,25,31,33,42H,4,10,12,15-22,24H2,(H,45,52,54);1-2,4-6,8-10,17-19,23H,3,7,11-16H2;1-3,10H,4-6,14H2,(H,15,17,19)/t31-,33?;23-;/m11./s1. The molecule has 0 bridgehead atoms. The average molecular weight is 1470 g/mol. The number of imidazole rings is 2. The molecule has 109 heavy (non-hydrogen) atoms. The Kier molecular flexibility index (Phi) is 20.2. The van der Waals surface area contributed by atoms with Gasteiger partial charge in [0.2, 0.25) is 35.4 Å². The Labute approximate surface area is 626 Å². The number of aromatic nitrogens is 8. The highest BCUT2D eigenvalue weighted by molar-refractivity contribution is 6.12. The van der Waals surface area contributed by atoms with E-state index in [0.717, 1.165) is 195 Å². The highest BCUT2D eigenvalue weighted by Crippen LogP contribution is 2.41. The lowest BCUT2D eigenvalue weighted by molar-refractivity contribution is -0.136. The van der Waals surface area contributed by atoms with Crippen LogP contribution >= 0.6 is 0 Å². The fraction of sp³-hybridized carbons (Fsp3) is 0.338. The number of nitrogens with zero attached hydrogens (tertiary/aromatic N) is 16. The van der Waals surface area contributed by atoms with Crippen LogP contribution in [0.3, 0.4) is 0 Å². The van der Waals surface area contributed by atoms with Crippen molar-refractivity contribution in [3.05, 3.63) is 192 Å². The number of anilines is 8. The lowest BCUT2D eigenvalue weighted by Gasteiger charge is -2.35. The summed E-state index contributed by atoms with van der Waals surface area (Å²) < 4.78 is 31.7. The minimum Gasteiger partial charge on any atom is -0.398 e. The second-order valence-corrected chi connectivity index (χ2v) is 28.5. The molecule has 2 unspecified atom stereocenters. The van der Waals surface area contributed by atoms with Crippen molar-refractivity contribution < 1.29 is 42.3 Å². The lowest BCUT2D eigenvalue weighted by Crippen LogP contribution is -2.53. The minimum atomic E-state index is -0.663. The van der Waals surface area contributed by atoms with Gasteiger partial charge in [-0.15, -0.1) is 10.2 Å². The summed E-state index contributed by atoms with van der Waals surface area (Å²) in [5.74, 6) is 1.37. The summed E-state index contributed by atoms with van der Waals surface area (Å²) in [6.07, 6.45) is 10.1. The number of hydrogen-bond donors (Lipinski definition) is 4. The summed E-state index contributed by atoms with van der Waals surface area (Å²) in [5.41, 5.74) is 17.1. The van der Waals surface area contributed by atoms with Crippen molar-refractivity contribution >= 4 is 99.0 Å². The van der Waals surface area contributed by atoms with Crippen molar-refractivity contribution in [2.75, 3.05) is 126 Å². The Morgan fingerprint density at radius 1 is 0.495 bits per heavy atom. The number of amides is 6. The molecule has 6 aromatic heterocycles. The first-order valence-corrected chi connectivity index (χ1v) is 37.3. The van der Waals surface area contributed by atoms with Crippen LogP contribution in [0.25, 0.3) is 34.1 Å². The van der Waals surface area contributed by atoms with Crippen LogP contribution in [0.1, 0.15) is 85.7 Å². The third kappa shape index (κ3) is 14.8. The Bertz CT molecular complexity index is 5160. The van der Waals surface area contributed by atoms with E-state index in [-0.39, 0.29) is 73.0 Å². The summed E-state index contributed by atoms with van der Waals surface area (Å²) >= 11 is 0. The van der Waals surface area contributed by atoms with Gasteiger partial charge in [0.15, 0.2) is 11.3 Å². The zero-order valence-electron chi connectivity index (χ0n) is 60.0. The predicted molar refractivity (Wildman–Crippen MR) is 408 cm³/mol. The van der Waals surface area contributed by atoms with Gasteiger partial charge in [-0.05, 0) is 147 Å². The number of halogens is 2. The molecule has 6 amide bonds. The molecule has 0 aliphatic carbocycles. The van der Waals surface area contributed by atoms with E-state index in [1.54, 1.807) is 47.4 Å². The molecule has 18 rings (SSSR count). The maximum absolute atomic E-state index is 14.1. The average Bonchev–Trinajstić information content (AvgIpc) is 1.66. The molecule has 558 valence electrons. The normalized spacial score (nSPS) is 20.3. The maximum atomic E-state index is 14.1. The highest BCUT2D eigenvalue weighted by Gasteiger charge is 2.42. The van der Waals surface area contributed by atoms with Gasteiger partial charge in [0.05, 0.1) is 66.6 Å². The van der Waals surface area contributed by atoms with Crippen molar-refractivity contribution in [3.8, 4) is 22.8 Å². The first kappa shape index (κ1) is 71.2. The summed E-state index contributed by atoms with van der Waals surface area (Å²) in [4.78, 5) is 119. The number of carbonyl (C=O) groups is 7. The van der Waals surface area contributed by atoms with Crippen LogP contribution in [-0.2, 0) is 46.4 Å². The number of nitrogen functional groups attached to an aromatic ring is 1. The number of nitrogens with one attached hydrogen (secondary N) is 3. The maximum Gasteiger partial charge on any atom is 0.249 e. The third-order valence-electron chi connectivity index (χ3n) is 21.8. The number of piperidine rings is 2. The summed E-state index contributed by atoms with van der Waals surface area (Å²) in [6.45, 7) is 10.5. The second-order valence-electron chi connectivity index (χ2n) is 28.5. The number of nitrogens with two attached hydrogens (primary N) is 1. The SMILES string of the molecule is Nc1cccc2c1CC(=O)N2C1CCC(=O)NC1=O.O=C1CCC(N2C(=O)Cc3c(NCCN4CCN(c5cccc(-c6cnc7ccc(N8CCC[C@@H]8c8cccc(F)c8)nn67)n5)CC4)cccc32)C(=O)N1.O=CCN1CCN(c2cccc(-c3cnc4ccc(N5CCC[C@@H]5c5cccc(F)c5)nn34)n2)CC1. The van der Waals surface area contributed by atoms with Crippen LogP contribution < -0.4 is 51.1 Å². The van der Waals surface area contributed by atoms with Gasteiger partial charge >= 0.3 is 0 Å². The van der Waals surface area contributed by atoms with Gasteiger partial charge in [-0.2, -0.15) is 0 Å². The van der Waals surface area contributed by atoms with E-state index in [2.05, 4.69) is 55.3 Å². The largest absolute Gasteiger partial charge is 0.398 e. The molecular formula is C80H82F2N20O7. The molecule has 8 aliphatic heterocycles. The number of piperazine rings is 2. The van der Waals surface area contributed by atoms with Crippen LogP contribution in [0.5, 0.6) is 0 Å². The van der Waals surface area contributed by atoms with Crippen molar-refractivity contribution in [2.45, 2.75) is 88.4 Å². The van der Waals surface area contributed by atoms with Crippen LogP contribution in [0.4, 0.5) is 54.8 Å². The number of imide groups is 2. The molecule has 6 saturated heterocycles. The number of fused-ring (bicyclic) bond motifs is 4. The van der Waals surface area contributed by atoms with Crippen molar-refractivity contribution in [1.82, 2.24) is 59.6 Å². The molecule has 4 atom stereocenters. The van der Waals surface area contributed by atoms with E-state index >= 15 is 0 Å². The van der Waals surface area contributed by atoms with Gasteiger partial charge in [-0.25, -0.2) is 37.7 Å². The van der Waals surface area contributed by atoms with E-state index < -0.39 is 23.9 Å².